The van der Waals surface area contributed by atoms with Gasteiger partial charge in [-0.25, -0.2) is 5.32 Å². The summed E-state index contributed by atoms with van der Waals surface area (Å²) in [5, 5.41) is 24.1. The van der Waals surface area contributed by atoms with E-state index >= 15 is 0 Å². The van der Waals surface area contributed by atoms with Crippen LogP contribution in [-0.4, -0.2) is 71.7 Å². The van der Waals surface area contributed by atoms with Gasteiger partial charge in [0.2, 0.25) is 5.91 Å². The van der Waals surface area contributed by atoms with Crippen LogP contribution >= 0.6 is 35.1 Å². The van der Waals surface area contributed by atoms with E-state index in [1.165, 1.54) is 29.9 Å². The first-order chi connectivity index (χ1) is 16.5. The lowest BCUT2D eigenvalue weighted by molar-refractivity contribution is -0.130. The molecule has 0 spiro atoms. The number of amides is 1. The molecule has 192 valence electrons. The van der Waals surface area contributed by atoms with Crippen LogP contribution in [0, 0.1) is 5.92 Å². The summed E-state index contributed by atoms with van der Waals surface area (Å²) in [5.41, 5.74) is 1.10. The summed E-state index contributed by atoms with van der Waals surface area (Å²) in [7, 11) is 1.57. The zero-order valence-electron chi connectivity index (χ0n) is 19.8. The van der Waals surface area contributed by atoms with Gasteiger partial charge in [0.1, 0.15) is 17.4 Å². The number of hydrogen-bond acceptors (Lipinski definition) is 9. The summed E-state index contributed by atoms with van der Waals surface area (Å²) >= 11 is 10.3. The Morgan fingerprint density at radius 3 is 2.88 bits per heavy atom. The maximum Gasteiger partial charge on any atom is 0.228 e. The molecule has 6 atom stereocenters. The molecule has 3 unspecified atom stereocenters. The molecule has 5 N–H and O–H groups in total. The van der Waals surface area contributed by atoms with Crippen molar-refractivity contribution >= 4 is 41.0 Å². The van der Waals surface area contributed by atoms with Gasteiger partial charge in [-0.3, -0.25) is 4.79 Å². The third-order valence-corrected chi connectivity index (χ3v) is 9.99. The van der Waals surface area contributed by atoms with Gasteiger partial charge >= 0.3 is 0 Å². The van der Waals surface area contributed by atoms with Crippen molar-refractivity contribution in [3.8, 4) is 0 Å². The topological polar surface area (TPSA) is 104 Å². The number of halogens is 1. The molecular formula is C23H37ClN4O4S2. The van der Waals surface area contributed by atoms with Crippen LogP contribution in [0.3, 0.4) is 0 Å². The van der Waals surface area contributed by atoms with Crippen LogP contribution in [0.2, 0.25) is 0 Å². The van der Waals surface area contributed by atoms with Gasteiger partial charge < -0.3 is 30.5 Å². The predicted octanol–water partition coefficient (Wildman–Crippen LogP) is 2.40. The van der Waals surface area contributed by atoms with Gasteiger partial charge in [-0.15, -0.1) is 11.6 Å². The van der Waals surface area contributed by atoms with Gasteiger partial charge in [-0.2, -0.15) is 11.8 Å². The molecule has 4 aliphatic rings. The van der Waals surface area contributed by atoms with E-state index in [1.807, 2.05) is 6.92 Å². The fraction of sp³-hybridized carbons (Fsp3) is 0.783. The number of nitrogens with one attached hydrogen (secondary N) is 4. The molecule has 0 aromatic carbocycles. The lowest BCUT2D eigenvalue weighted by Gasteiger charge is -2.31. The minimum Gasteiger partial charge on any atom is -0.499 e. The van der Waals surface area contributed by atoms with Gasteiger partial charge in [0.25, 0.3) is 0 Å². The molecule has 1 fully saturated rings. The largest absolute Gasteiger partial charge is 0.499 e. The maximum absolute atomic E-state index is 12.9. The summed E-state index contributed by atoms with van der Waals surface area (Å²) in [6.07, 6.45) is 6.44. The molecule has 1 amide bonds. The Hall–Kier alpha value is -0.620. The second-order valence-electron chi connectivity index (χ2n) is 9.08. The number of thioether (sulfide) groups is 2. The number of carbonyl (C=O) groups excluding carboxylic acids is 1. The highest BCUT2D eigenvalue weighted by molar-refractivity contribution is 8.04. The van der Waals surface area contributed by atoms with Gasteiger partial charge in [-0.05, 0) is 64.6 Å². The molecule has 11 heteroatoms. The molecule has 0 radical (unpaired) electrons. The second kappa shape index (κ2) is 12.6. The number of piperidine rings is 1. The van der Waals surface area contributed by atoms with Crippen molar-refractivity contribution in [3.05, 3.63) is 22.4 Å². The van der Waals surface area contributed by atoms with Crippen molar-refractivity contribution < 1.29 is 19.4 Å². The van der Waals surface area contributed by atoms with Crippen LogP contribution in [-0.2, 0) is 14.3 Å². The lowest BCUT2D eigenvalue weighted by atomic mass is 9.90. The van der Waals surface area contributed by atoms with Crippen molar-refractivity contribution in [2.45, 2.75) is 79.3 Å². The Labute approximate surface area is 215 Å². The molecule has 1 saturated heterocycles. The van der Waals surface area contributed by atoms with Crippen LogP contribution in [0.4, 0.5) is 0 Å². The first-order valence-electron chi connectivity index (χ1n) is 12.2. The highest BCUT2D eigenvalue weighted by Crippen LogP contribution is 2.43. The number of aliphatic hydroxyl groups is 1. The highest BCUT2D eigenvalue weighted by atomic mass is 35.5. The van der Waals surface area contributed by atoms with Crippen LogP contribution in [0.5, 0.6) is 0 Å². The number of alkyl halides is 1. The summed E-state index contributed by atoms with van der Waals surface area (Å²) in [5.74, 6) is -0.184. The summed E-state index contributed by atoms with van der Waals surface area (Å²) in [4.78, 5) is 14.2. The zero-order chi connectivity index (χ0) is 24.1. The van der Waals surface area contributed by atoms with Gasteiger partial charge in [-0.1, -0.05) is 11.8 Å². The highest BCUT2D eigenvalue weighted by Gasteiger charge is 2.37. The van der Waals surface area contributed by atoms with Crippen LogP contribution in [0.15, 0.2) is 22.4 Å². The van der Waals surface area contributed by atoms with Crippen molar-refractivity contribution in [2.75, 3.05) is 26.8 Å². The number of methoxy groups -OCH3 is 1. The average molecular weight is 533 g/mol. The fourth-order valence-corrected chi connectivity index (χ4v) is 8.26. The number of aliphatic hydroxyl groups excluding tert-OH is 1. The molecule has 34 heavy (non-hydrogen) atoms. The third kappa shape index (κ3) is 6.78. The predicted molar refractivity (Wildman–Crippen MR) is 138 cm³/mol. The van der Waals surface area contributed by atoms with Crippen molar-refractivity contribution in [2.24, 2.45) is 5.92 Å². The molecular weight excluding hydrogens is 496 g/mol. The standard InChI is InChI=1S/C23H37ClN4O4S2/c1-3-32-19-11-15(16(24)12-18(19)31-2)21(29)27-22(30)28-23-26-17-5-4-14(10-20(17)34-23)33-13-6-8-25-9-7-13/h12-16,19,22-23,25-26,28,30H,3-11H2,1-2H3,(H,27,29)/t14?,15?,16-,19-,22?,23-/m1/s1. The van der Waals surface area contributed by atoms with E-state index in [9.17, 15) is 9.90 Å². The monoisotopic (exact) mass is 532 g/mol. The van der Waals surface area contributed by atoms with E-state index in [1.54, 1.807) is 24.9 Å². The van der Waals surface area contributed by atoms with Crippen molar-refractivity contribution in [3.63, 3.8) is 0 Å². The smallest absolute Gasteiger partial charge is 0.228 e. The molecule has 0 aromatic heterocycles. The van der Waals surface area contributed by atoms with Crippen LogP contribution in [0.25, 0.3) is 0 Å². The normalized spacial score (nSPS) is 33.1. The molecule has 0 bridgehead atoms. The third-order valence-electron chi connectivity index (χ3n) is 6.72. The van der Waals surface area contributed by atoms with Gasteiger partial charge in [0, 0.05) is 27.7 Å². The second-order valence-corrected chi connectivity index (χ2v) is 12.4. The number of carbonyl (C=O) groups is 1. The van der Waals surface area contributed by atoms with Crippen molar-refractivity contribution in [1.29, 1.82) is 0 Å². The molecule has 2 heterocycles. The lowest BCUT2D eigenvalue weighted by Crippen LogP contribution is -2.54. The molecule has 8 nitrogen and oxygen atoms in total. The fourth-order valence-electron chi connectivity index (χ4n) is 4.96. The number of rotatable bonds is 9. The number of hydrogen-bond donors (Lipinski definition) is 5. The van der Waals surface area contributed by atoms with E-state index in [2.05, 4.69) is 33.0 Å². The summed E-state index contributed by atoms with van der Waals surface area (Å²) < 4.78 is 11.1. The Morgan fingerprint density at radius 2 is 2.15 bits per heavy atom. The van der Waals surface area contributed by atoms with Gasteiger partial charge in [0.15, 0.2) is 6.35 Å². The summed E-state index contributed by atoms with van der Waals surface area (Å²) in [6.45, 7) is 4.67. The van der Waals surface area contributed by atoms with Crippen molar-refractivity contribution in [1.82, 2.24) is 21.3 Å². The van der Waals surface area contributed by atoms with E-state index < -0.39 is 17.6 Å². The van der Waals surface area contributed by atoms with E-state index in [0.717, 1.165) is 31.2 Å². The van der Waals surface area contributed by atoms with Gasteiger partial charge in [0.05, 0.1) is 18.4 Å². The zero-order valence-corrected chi connectivity index (χ0v) is 22.2. The van der Waals surface area contributed by atoms with Crippen LogP contribution < -0.4 is 21.3 Å². The molecule has 2 aliphatic heterocycles. The molecule has 2 aliphatic carbocycles. The molecule has 0 aromatic rings. The Balaban J connectivity index is 1.23. The Bertz CT molecular complexity index is 780. The SMILES string of the molecule is CCO[C@@H]1CC(C(=O)NC(O)N[C@H]2NC3=C(CC(SC4CCNCC4)CC3)S2)[C@H](Cl)C=C1OC. The van der Waals surface area contributed by atoms with E-state index in [4.69, 9.17) is 21.1 Å². The minimum absolute atomic E-state index is 0.169. The first-order valence-corrected chi connectivity index (χ1v) is 14.5. The number of ether oxygens (including phenoxy) is 2. The maximum atomic E-state index is 12.9. The van der Waals surface area contributed by atoms with Crippen LogP contribution in [0.1, 0.15) is 45.4 Å². The Morgan fingerprint density at radius 1 is 1.35 bits per heavy atom. The quantitative estimate of drug-likeness (QED) is 0.226. The van der Waals surface area contributed by atoms with E-state index in [0.29, 0.717) is 24.0 Å². The molecule has 4 rings (SSSR count). The first kappa shape index (κ1) is 26.4. The number of allylic oxidation sites excluding steroid dienone is 3. The Kier molecular flexibility index (Phi) is 9.77. The summed E-state index contributed by atoms with van der Waals surface area (Å²) in [6, 6.07) is 0. The average Bonchev–Trinajstić information content (AvgIpc) is 3.21. The molecule has 0 saturated carbocycles. The van der Waals surface area contributed by atoms with E-state index in [-0.39, 0.29) is 17.5 Å². The minimum atomic E-state index is -1.18.